The van der Waals surface area contributed by atoms with Gasteiger partial charge >= 0.3 is 5.97 Å². The summed E-state index contributed by atoms with van der Waals surface area (Å²) in [4.78, 5) is 30.4. The molecule has 32 heavy (non-hydrogen) atoms. The Hall–Kier alpha value is -2.87. The van der Waals surface area contributed by atoms with Crippen LogP contribution in [0.25, 0.3) is 0 Å². The van der Waals surface area contributed by atoms with Crippen LogP contribution < -0.4 is 14.8 Å². The van der Waals surface area contributed by atoms with E-state index in [9.17, 15) is 9.59 Å². The zero-order valence-electron chi connectivity index (χ0n) is 18.9. The third kappa shape index (κ3) is 4.24. The Bertz CT molecular complexity index is 1080. The van der Waals surface area contributed by atoms with Gasteiger partial charge in [-0.1, -0.05) is 11.6 Å². The predicted molar refractivity (Wildman–Crippen MR) is 123 cm³/mol. The quantitative estimate of drug-likeness (QED) is 0.464. The highest BCUT2D eigenvalue weighted by Gasteiger charge is 2.32. The van der Waals surface area contributed by atoms with Crippen LogP contribution in [-0.2, 0) is 35.4 Å². The van der Waals surface area contributed by atoms with Gasteiger partial charge in [-0.3, -0.25) is 4.79 Å². The number of esters is 1. The maximum Gasteiger partial charge on any atom is 0.342 e. The second-order valence-electron chi connectivity index (χ2n) is 8.14. The van der Waals surface area contributed by atoms with E-state index in [1.165, 1.54) is 4.88 Å². The first-order valence-corrected chi connectivity index (χ1v) is 11.6. The summed E-state index contributed by atoms with van der Waals surface area (Å²) in [5, 5.41) is 3.63. The summed E-state index contributed by atoms with van der Waals surface area (Å²) in [6.07, 6.45) is 6.84. The van der Waals surface area contributed by atoms with Gasteiger partial charge in [0.2, 0.25) is 5.91 Å². The lowest BCUT2D eigenvalue weighted by Gasteiger charge is -2.18. The minimum absolute atomic E-state index is 0.0311. The molecular weight excluding hydrogens is 428 g/mol. The van der Waals surface area contributed by atoms with E-state index < -0.39 is 0 Å². The topological polar surface area (TPSA) is 86.8 Å². The van der Waals surface area contributed by atoms with Crippen molar-refractivity contribution in [2.75, 3.05) is 19.5 Å². The monoisotopic (exact) mass is 456 g/mol. The number of nitrogens with one attached hydrogen (secondary N) is 1. The highest BCUT2D eigenvalue weighted by atomic mass is 32.1. The number of carbonyl (C=O) groups excluding carboxylic acids is 2. The molecule has 170 valence electrons. The van der Waals surface area contributed by atoms with E-state index in [-0.39, 0.29) is 18.5 Å². The number of methoxy groups -OCH3 is 2. The van der Waals surface area contributed by atoms with Crippen molar-refractivity contribution in [2.45, 2.75) is 59.0 Å². The van der Waals surface area contributed by atoms with Crippen LogP contribution in [0.15, 0.2) is 11.6 Å². The number of aromatic nitrogens is 1. The molecule has 0 saturated heterocycles. The lowest BCUT2D eigenvalue weighted by atomic mass is 9.94. The molecule has 1 aliphatic heterocycles. The zero-order valence-corrected chi connectivity index (χ0v) is 19.7. The van der Waals surface area contributed by atoms with Gasteiger partial charge in [0.1, 0.15) is 23.7 Å². The van der Waals surface area contributed by atoms with Crippen LogP contribution >= 0.6 is 11.3 Å². The molecule has 0 radical (unpaired) electrons. The molecule has 2 aromatic rings. The SMILES string of the molecule is COc1c(C)c2c(c(OC)c1C/C=C(\C)CCC(=O)Nc1nc3c(s1)CCC3)C(=O)OC2. The molecule has 0 atom stereocenters. The lowest BCUT2D eigenvalue weighted by Crippen LogP contribution is -2.11. The molecule has 0 unspecified atom stereocenters. The largest absolute Gasteiger partial charge is 0.496 e. The molecular formula is C24H28N2O5S. The van der Waals surface area contributed by atoms with Crippen LogP contribution in [0.4, 0.5) is 5.13 Å². The number of allylic oxidation sites excluding steroid dienone is 2. The fourth-order valence-electron chi connectivity index (χ4n) is 4.35. The summed E-state index contributed by atoms with van der Waals surface area (Å²) < 4.78 is 16.5. The lowest BCUT2D eigenvalue weighted by molar-refractivity contribution is -0.116. The molecule has 1 aromatic carbocycles. The number of nitrogens with zero attached hydrogens (tertiary/aromatic N) is 1. The van der Waals surface area contributed by atoms with Crippen LogP contribution in [0.3, 0.4) is 0 Å². The van der Waals surface area contributed by atoms with Crippen molar-refractivity contribution < 1.29 is 23.8 Å². The van der Waals surface area contributed by atoms with E-state index >= 15 is 0 Å². The number of amides is 1. The van der Waals surface area contributed by atoms with E-state index in [1.807, 2.05) is 13.8 Å². The number of anilines is 1. The Morgan fingerprint density at radius 1 is 1.22 bits per heavy atom. The van der Waals surface area contributed by atoms with Crippen molar-refractivity contribution >= 4 is 28.3 Å². The fraction of sp³-hybridized carbons (Fsp3) is 0.458. The molecule has 1 aromatic heterocycles. The summed E-state index contributed by atoms with van der Waals surface area (Å²) in [5.41, 5.74) is 5.22. The van der Waals surface area contributed by atoms with Crippen LogP contribution in [-0.4, -0.2) is 31.1 Å². The van der Waals surface area contributed by atoms with Crippen molar-refractivity contribution in [1.29, 1.82) is 0 Å². The molecule has 2 aliphatic rings. The Morgan fingerprint density at radius 3 is 2.72 bits per heavy atom. The zero-order chi connectivity index (χ0) is 22.8. The summed E-state index contributed by atoms with van der Waals surface area (Å²) in [5.74, 6) is 0.812. The van der Waals surface area contributed by atoms with Gasteiger partial charge in [0.15, 0.2) is 5.13 Å². The van der Waals surface area contributed by atoms with Crippen molar-refractivity contribution in [3.63, 3.8) is 0 Å². The predicted octanol–water partition coefficient (Wildman–Crippen LogP) is 4.54. The molecule has 0 fully saturated rings. The van der Waals surface area contributed by atoms with Crippen LogP contribution in [0.2, 0.25) is 0 Å². The molecule has 7 nitrogen and oxygen atoms in total. The van der Waals surface area contributed by atoms with Crippen LogP contribution in [0.1, 0.15) is 63.8 Å². The maximum atomic E-state index is 12.4. The average Bonchev–Trinajstić information content (AvgIpc) is 3.46. The molecule has 4 rings (SSSR count). The van der Waals surface area contributed by atoms with Gasteiger partial charge in [-0.15, -0.1) is 11.3 Å². The van der Waals surface area contributed by atoms with Gasteiger partial charge in [0.25, 0.3) is 0 Å². The molecule has 0 saturated carbocycles. The molecule has 1 aliphatic carbocycles. The van der Waals surface area contributed by atoms with Crippen molar-refractivity contribution in [2.24, 2.45) is 0 Å². The Labute approximate surface area is 191 Å². The number of fused-ring (bicyclic) bond motifs is 2. The number of cyclic esters (lactones) is 1. The first kappa shape index (κ1) is 22.3. The first-order valence-electron chi connectivity index (χ1n) is 10.8. The summed E-state index contributed by atoms with van der Waals surface area (Å²) in [6, 6.07) is 0. The number of rotatable bonds is 8. The number of hydrogen-bond acceptors (Lipinski definition) is 7. The highest BCUT2D eigenvalue weighted by molar-refractivity contribution is 7.15. The smallest absolute Gasteiger partial charge is 0.342 e. The number of benzene rings is 1. The van der Waals surface area contributed by atoms with Gasteiger partial charge in [-0.05, 0) is 51.5 Å². The molecule has 1 N–H and O–H groups in total. The second kappa shape index (κ2) is 9.32. The van der Waals surface area contributed by atoms with Gasteiger partial charge in [-0.25, -0.2) is 9.78 Å². The van der Waals surface area contributed by atoms with Gasteiger partial charge < -0.3 is 19.5 Å². The van der Waals surface area contributed by atoms with Gasteiger partial charge in [-0.2, -0.15) is 0 Å². The van der Waals surface area contributed by atoms with Crippen molar-refractivity contribution in [1.82, 2.24) is 4.98 Å². The molecule has 1 amide bonds. The Morgan fingerprint density at radius 2 is 2.00 bits per heavy atom. The Balaban J connectivity index is 1.43. The van der Waals surface area contributed by atoms with E-state index in [1.54, 1.807) is 25.6 Å². The first-order chi connectivity index (χ1) is 15.4. The maximum absolute atomic E-state index is 12.4. The van der Waals surface area contributed by atoms with E-state index in [0.29, 0.717) is 41.5 Å². The Kier molecular flexibility index (Phi) is 6.50. The molecule has 2 heterocycles. The van der Waals surface area contributed by atoms with Gasteiger partial charge in [0, 0.05) is 22.4 Å². The summed E-state index contributed by atoms with van der Waals surface area (Å²) in [6.45, 7) is 4.16. The van der Waals surface area contributed by atoms with Gasteiger partial charge in [0.05, 0.1) is 19.9 Å². The minimum atomic E-state index is -0.366. The van der Waals surface area contributed by atoms with E-state index in [4.69, 9.17) is 14.2 Å². The van der Waals surface area contributed by atoms with Crippen LogP contribution in [0, 0.1) is 6.92 Å². The normalized spacial score (nSPS) is 14.8. The number of thiazole rings is 1. The molecule has 0 bridgehead atoms. The fourth-order valence-corrected chi connectivity index (χ4v) is 5.42. The molecule has 8 heteroatoms. The van der Waals surface area contributed by atoms with E-state index in [2.05, 4.69) is 16.4 Å². The molecule has 0 spiro atoms. The third-order valence-corrected chi connectivity index (χ3v) is 7.15. The number of carbonyl (C=O) groups is 2. The van der Waals surface area contributed by atoms with Crippen molar-refractivity contribution in [3.05, 3.63) is 44.5 Å². The summed E-state index contributed by atoms with van der Waals surface area (Å²) >= 11 is 1.59. The summed E-state index contributed by atoms with van der Waals surface area (Å²) in [7, 11) is 3.17. The number of aryl methyl sites for hydroxylation is 2. The second-order valence-corrected chi connectivity index (χ2v) is 9.23. The highest BCUT2D eigenvalue weighted by Crippen LogP contribution is 2.42. The third-order valence-electron chi connectivity index (χ3n) is 6.07. The minimum Gasteiger partial charge on any atom is -0.496 e. The van der Waals surface area contributed by atoms with Crippen molar-refractivity contribution in [3.8, 4) is 11.5 Å². The number of hydrogen-bond donors (Lipinski definition) is 1. The average molecular weight is 457 g/mol. The van der Waals surface area contributed by atoms with Crippen LogP contribution in [0.5, 0.6) is 11.5 Å². The van der Waals surface area contributed by atoms with E-state index in [0.717, 1.165) is 47.2 Å². The standard InChI is InChI=1S/C24H28N2O5S/c1-13(9-11-19(27)26-24-25-17-6-5-7-18(17)32-24)8-10-15-21(29-3)14(2)16-12-31-23(28)20(16)22(15)30-4/h8H,5-7,9-12H2,1-4H3,(H,25,26,27)/b13-8+. The number of ether oxygens (including phenoxy) is 3.